The van der Waals surface area contributed by atoms with Crippen molar-refractivity contribution in [3.63, 3.8) is 0 Å². The second-order valence-corrected chi connectivity index (χ2v) is 9.61. The maximum atomic E-state index is 4.90. The van der Waals surface area contributed by atoms with Crippen LogP contribution in [0.5, 0.6) is 0 Å². The lowest BCUT2D eigenvalue weighted by Crippen LogP contribution is -1.99. The van der Waals surface area contributed by atoms with Crippen LogP contribution >= 0.6 is 0 Å². The predicted octanol–water partition coefficient (Wildman–Crippen LogP) is 8.34. The molecule has 0 N–H and O–H groups in total. The van der Waals surface area contributed by atoms with E-state index in [0.717, 1.165) is 28.1 Å². The third-order valence-corrected chi connectivity index (χ3v) is 7.47. The number of hydrogen-bond donors (Lipinski definition) is 0. The normalized spacial score (nSPS) is 11.7. The Labute approximate surface area is 219 Å². The first kappa shape index (κ1) is 20.9. The number of nitrogens with zero attached hydrogens (tertiary/aromatic N) is 4. The lowest BCUT2D eigenvalue weighted by molar-refractivity contribution is 1.08. The molecule has 0 unspecified atom stereocenters. The van der Waals surface area contributed by atoms with Gasteiger partial charge in [-0.2, -0.15) is 0 Å². The van der Waals surface area contributed by atoms with Crippen LogP contribution in [0.1, 0.15) is 0 Å². The van der Waals surface area contributed by atoms with Gasteiger partial charge in [-0.05, 0) is 59.5 Å². The standard InChI is InChI=1S/C34H22N4/c1-2-9-27(10-3-1)37-18-15-25-19-30-29-13-12-23-7-4-5-11-28(23)34(29)38(32(30)21-31(25)37)33-20-24(14-17-36-33)26-8-6-16-35-22-26/h1-22H. The van der Waals surface area contributed by atoms with Crippen LogP contribution in [-0.2, 0) is 0 Å². The molecule has 4 aromatic heterocycles. The highest BCUT2D eigenvalue weighted by Gasteiger charge is 2.18. The van der Waals surface area contributed by atoms with Crippen molar-refractivity contribution < 1.29 is 0 Å². The van der Waals surface area contributed by atoms with Crippen molar-refractivity contribution in [1.29, 1.82) is 0 Å². The van der Waals surface area contributed by atoms with E-state index >= 15 is 0 Å². The van der Waals surface area contributed by atoms with Gasteiger partial charge in [0.05, 0.1) is 16.6 Å². The Kier molecular flexibility index (Phi) is 4.49. The number of hydrogen-bond acceptors (Lipinski definition) is 2. The van der Waals surface area contributed by atoms with Gasteiger partial charge in [-0.1, -0.05) is 60.7 Å². The molecule has 0 spiro atoms. The van der Waals surface area contributed by atoms with E-state index in [1.165, 1.54) is 38.0 Å². The molecule has 0 saturated carbocycles. The number of pyridine rings is 2. The van der Waals surface area contributed by atoms with Crippen molar-refractivity contribution >= 4 is 43.5 Å². The van der Waals surface area contributed by atoms with Crippen molar-refractivity contribution in [3.8, 4) is 22.6 Å². The summed E-state index contributed by atoms with van der Waals surface area (Å²) in [6.45, 7) is 0. The quantitative estimate of drug-likeness (QED) is 0.252. The first-order chi connectivity index (χ1) is 18.8. The van der Waals surface area contributed by atoms with Gasteiger partial charge >= 0.3 is 0 Å². The molecule has 0 saturated heterocycles. The molecule has 8 rings (SSSR count). The van der Waals surface area contributed by atoms with E-state index in [2.05, 4.69) is 117 Å². The molecule has 4 aromatic carbocycles. The number of aromatic nitrogens is 4. The molecule has 0 bridgehead atoms. The lowest BCUT2D eigenvalue weighted by atomic mass is 10.1. The topological polar surface area (TPSA) is 35.6 Å². The van der Waals surface area contributed by atoms with Gasteiger partial charge in [-0.15, -0.1) is 0 Å². The van der Waals surface area contributed by atoms with E-state index < -0.39 is 0 Å². The van der Waals surface area contributed by atoms with Gasteiger partial charge in [0.2, 0.25) is 0 Å². The fourth-order valence-electron chi connectivity index (χ4n) is 5.71. The summed E-state index contributed by atoms with van der Waals surface area (Å²) < 4.78 is 4.59. The molecule has 0 amide bonds. The molecule has 0 aliphatic carbocycles. The molecule has 0 fully saturated rings. The zero-order valence-electron chi connectivity index (χ0n) is 20.5. The van der Waals surface area contributed by atoms with E-state index in [1.54, 1.807) is 6.20 Å². The Balaban J connectivity index is 1.50. The van der Waals surface area contributed by atoms with Crippen LogP contribution in [0.2, 0.25) is 0 Å². The van der Waals surface area contributed by atoms with Crippen molar-refractivity contribution in [2.75, 3.05) is 0 Å². The Morgan fingerprint density at radius 1 is 0.553 bits per heavy atom. The van der Waals surface area contributed by atoms with E-state index in [-0.39, 0.29) is 0 Å². The van der Waals surface area contributed by atoms with E-state index in [1.807, 2.05) is 24.5 Å². The number of fused-ring (bicyclic) bond motifs is 6. The van der Waals surface area contributed by atoms with Crippen molar-refractivity contribution in [2.24, 2.45) is 0 Å². The molecule has 178 valence electrons. The van der Waals surface area contributed by atoms with Crippen LogP contribution in [0.15, 0.2) is 134 Å². The van der Waals surface area contributed by atoms with Crippen LogP contribution in [0.25, 0.3) is 66.1 Å². The Hall–Kier alpha value is -5.22. The molecule has 0 radical (unpaired) electrons. The van der Waals surface area contributed by atoms with Crippen LogP contribution in [0.3, 0.4) is 0 Å². The zero-order valence-corrected chi connectivity index (χ0v) is 20.5. The molecular weight excluding hydrogens is 464 g/mol. The average molecular weight is 487 g/mol. The van der Waals surface area contributed by atoms with E-state index in [9.17, 15) is 0 Å². The number of rotatable bonds is 3. The largest absolute Gasteiger partial charge is 0.316 e. The van der Waals surface area contributed by atoms with Crippen molar-refractivity contribution in [3.05, 3.63) is 134 Å². The average Bonchev–Trinajstić information content (AvgIpc) is 3.55. The maximum absolute atomic E-state index is 4.90. The van der Waals surface area contributed by atoms with Crippen LogP contribution in [-0.4, -0.2) is 19.1 Å². The Morgan fingerprint density at radius 2 is 1.45 bits per heavy atom. The molecule has 0 atom stereocenters. The summed E-state index contributed by atoms with van der Waals surface area (Å²) in [5.41, 5.74) is 6.78. The molecule has 38 heavy (non-hydrogen) atoms. The van der Waals surface area contributed by atoms with Gasteiger partial charge in [-0.25, -0.2) is 4.98 Å². The highest BCUT2D eigenvalue weighted by atomic mass is 15.1. The molecule has 8 aromatic rings. The monoisotopic (exact) mass is 486 g/mol. The first-order valence-electron chi connectivity index (χ1n) is 12.7. The Bertz CT molecular complexity index is 2120. The number of para-hydroxylation sites is 1. The number of benzene rings is 4. The highest BCUT2D eigenvalue weighted by molar-refractivity contribution is 6.20. The summed E-state index contributed by atoms with van der Waals surface area (Å²) in [7, 11) is 0. The predicted molar refractivity (Wildman–Crippen MR) is 156 cm³/mol. The third kappa shape index (κ3) is 3.10. The third-order valence-electron chi connectivity index (χ3n) is 7.47. The summed E-state index contributed by atoms with van der Waals surface area (Å²) in [4.78, 5) is 9.23. The molecule has 4 nitrogen and oxygen atoms in total. The highest BCUT2D eigenvalue weighted by Crippen LogP contribution is 2.39. The minimum atomic E-state index is 0.889. The fourth-order valence-corrected chi connectivity index (χ4v) is 5.71. The summed E-state index contributed by atoms with van der Waals surface area (Å²) in [5.74, 6) is 0.889. The molecular formula is C34H22N4. The first-order valence-corrected chi connectivity index (χ1v) is 12.7. The van der Waals surface area contributed by atoms with Crippen LogP contribution in [0.4, 0.5) is 0 Å². The summed E-state index contributed by atoms with van der Waals surface area (Å²) >= 11 is 0. The molecule has 4 heteroatoms. The van der Waals surface area contributed by atoms with Gasteiger partial charge in [0.25, 0.3) is 0 Å². The minimum Gasteiger partial charge on any atom is -0.316 e. The molecule has 4 heterocycles. The summed E-state index contributed by atoms with van der Waals surface area (Å²) in [6.07, 6.45) is 7.75. The van der Waals surface area contributed by atoms with Crippen LogP contribution < -0.4 is 0 Å². The smallest absolute Gasteiger partial charge is 0.138 e. The minimum absolute atomic E-state index is 0.889. The van der Waals surface area contributed by atoms with Gasteiger partial charge in [0.1, 0.15) is 5.82 Å². The molecule has 0 aliphatic rings. The van der Waals surface area contributed by atoms with Crippen LogP contribution in [0, 0.1) is 0 Å². The Morgan fingerprint density at radius 3 is 2.34 bits per heavy atom. The van der Waals surface area contributed by atoms with Gasteiger partial charge in [-0.3, -0.25) is 9.55 Å². The van der Waals surface area contributed by atoms with Crippen molar-refractivity contribution in [1.82, 2.24) is 19.1 Å². The lowest BCUT2D eigenvalue weighted by Gasteiger charge is -2.11. The van der Waals surface area contributed by atoms with E-state index in [4.69, 9.17) is 4.98 Å². The van der Waals surface area contributed by atoms with Gasteiger partial charge < -0.3 is 4.57 Å². The second kappa shape index (κ2) is 8.15. The van der Waals surface area contributed by atoms with Gasteiger partial charge in [0, 0.05) is 57.6 Å². The maximum Gasteiger partial charge on any atom is 0.138 e. The molecule has 0 aliphatic heterocycles. The SMILES string of the molecule is c1ccc(-n2ccc3cc4c5ccc6ccccc6c5n(-c5cc(-c6cccnc6)ccn5)c4cc32)cc1. The fraction of sp³-hybridized carbons (Fsp3) is 0. The zero-order chi connectivity index (χ0) is 25.1. The second-order valence-electron chi connectivity index (χ2n) is 9.61. The summed E-state index contributed by atoms with van der Waals surface area (Å²) in [5, 5.41) is 6.08. The van der Waals surface area contributed by atoms with E-state index in [0.29, 0.717) is 0 Å². The van der Waals surface area contributed by atoms with Gasteiger partial charge in [0.15, 0.2) is 0 Å². The summed E-state index contributed by atoms with van der Waals surface area (Å²) in [6, 6.07) is 38.7. The van der Waals surface area contributed by atoms with Crippen molar-refractivity contribution in [2.45, 2.75) is 0 Å².